The topological polar surface area (TPSA) is 28.2 Å². The minimum absolute atomic E-state index is 0.498. The van der Waals surface area contributed by atoms with Crippen LogP contribution in [0.25, 0.3) is 0 Å². The van der Waals surface area contributed by atoms with Crippen LogP contribution in [-0.2, 0) is 0 Å². The molecule has 0 spiro atoms. The summed E-state index contributed by atoms with van der Waals surface area (Å²) in [4.78, 5) is 6.85. The zero-order valence-electron chi connectivity index (χ0n) is 9.13. The van der Waals surface area contributed by atoms with Crippen molar-refractivity contribution in [1.29, 1.82) is 0 Å². The van der Waals surface area contributed by atoms with Gasteiger partial charge < -0.3 is 10.2 Å². The number of anilines is 2. The number of rotatable bonds is 1. The van der Waals surface area contributed by atoms with Gasteiger partial charge >= 0.3 is 0 Å². The zero-order chi connectivity index (χ0) is 10.8. The van der Waals surface area contributed by atoms with Gasteiger partial charge in [0.2, 0.25) is 0 Å². The summed E-state index contributed by atoms with van der Waals surface area (Å²) in [6, 6.07) is 2.60. The SMILES string of the molecule is CC(C)N1CCCNc2cc(Br)cnc21. The Morgan fingerprint density at radius 1 is 1.53 bits per heavy atom. The highest BCUT2D eigenvalue weighted by Gasteiger charge is 2.18. The molecule has 1 aromatic heterocycles. The minimum Gasteiger partial charge on any atom is -0.382 e. The molecule has 0 unspecified atom stereocenters. The van der Waals surface area contributed by atoms with Crippen molar-refractivity contribution >= 4 is 27.4 Å². The number of nitrogens with zero attached hydrogens (tertiary/aromatic N) is 2. The van der Waals surface area contributed by atoms with E-state index in [0.29, 0.717) is 6.04 Å². The van der Waals surface area contributed by atoms with E-state index in [1.165, 1.54) is 0 Å². The fraction of sp³-hybridized carbons (Fsp3) is 0.545. The van der Waals surface area contributed by atoms with E-state index in [0.717, 1.165) is 35.5 Å². The second-order valence-corrected chi connectivity index (χ2v) is 5.01. The van der Waals surface area contributed by atoms with Gasteiger partial charge in [-0.1, -0.05) is 0 Å². The molecule has 0 amide bonds. The lowest BCUT2D eigenvalue weighted by Gasteiger charge is -2.27. The molecule has 1 aliphatic rings. The summed E-state index contributed by atoms with van der Waals surface area (Å²) < 4.78 is 1.03. The Balaban J connectivity index is 2.40. The van der Waals surface area contributed by atoms with E-state index in [4.69, 9.17) is 0 Å². The van der Waals surface area contributed by atoms with E-state index in [-0.39, 0.29) is 0 Å². The third kappa shape index (κ3) is 2.25. The first-order chi connectivity index (χ1) is 7.18. The minimum atomic E-state index is 0.498. The summed E-state index contributed by atoms with van der Waals surface area (Å²) in [7, 11) is 0. The molecule has 0 aromatic carbocycles. The van der Waals surface area contributed by atoms with Crippen molar-refractivity contribution in [1.82, 2.24) is 4.98 Å². The Morgan fingerprint density at radius 2 is 2.33 bits per heavy atom. The molecule has 0 atom stereocenters. The number of fused-ring (bicyclic) bond motifs is 1. The van der Waals surface area contributed by atoms with Gasteiger partial charge in [-0.25, -0.2) is 4.98 Å². The fourth-order valence-corrected chi connectivity index (χ4v) is 2.20. The van der Waals surface area contributed by atoms with Gasteiger partial charge in [0.05, 0.1) is 5.69 Å². The summed E-state index contributed by atoms with van der Waals surface area (Å²) in [5.41, 5.74) is 1.13. The van der Waals surface area contributed by atoms with E-state index >= 15 is 0 Å². The van der Waals surface area contributed by atoms with E-state index in [2.05, 4.69) is 51.0 Å². The lowest BCUT2D eigenvalue weighted by atomic mass is 10.3. The Hall–Kier alpha value is -0.770. The lowest BCUT2D eigenvalue weighted by molar-refractivity contribution is 0.665. The highest BCUT2D eigenvalue weighted by atomic mass is 79.9. The molecule has 1 aliphatic heterocycles. The van der Waals surface area contributed by atoms with Gasteiger partial charge in [0.1, 0.15) is 0 Å². The summed E-state index contributed by atoms with van der Waals surface area (Å²) in [5, 5.41) is 3.42. The molecular formula is C11H16BrN3. The van der Waals surface area contributed by atoms with Gasteiger partial charge in [-0.05, 0) is 42.3 Å². The van der Waals surface area contributed by atoms with E-state index < -0.39 is 0 Å². The zero-order valence-corrected chi connectivity index (χ0v) is 10.7. The molecule has 0 aliphatic carbocycles. The summed E-state index contributed by atoms with van der Waals surface area (Å²) >= 11 is 3.45. The monoisotopic (exact) mass is 269 g/mol. The van der Waals surface area contributed by atoms with Gasteiger partial charge in [-0.2, -0.15) is 0 Å². The second-order valence-electron chi connectivity index (χ2n) is 4.09. The van der Waals surface area contributed by atoms with Crippen molar-refractivity contribution in [2.45, 2.75) is 26.3 Å². The number of hydrogen-bond acceptors (Lipinski definition) is 3. The average Bonchev–Trinajstić information content (AvgIpc) is 2.38. The van der Waals surface area contributed by atoms with E-state index in [9.17, 15) is 0 Å². The molecule has 0 radical (unpaired) electrons. The molecule has 0 bridgehead atoms. The summed E-state index contributed by atoms with van der Waals surface area (Å²) in [6.07, 6.45) is 3.02. The molecule has 0 saturated heterocycles. The molecule has 3 nitrogen and oxygen atoms in total. The number of hydrogen-bond donors (Lipinski definition) is 1. The number of nitrogens with one attached hydrogen (secondary N) is 1. The van der Waals surface area contributed by atoms with E-state index in [1.807, 2.05) is 6.20 Å². The molecule has 2 heterocycles. The molecule has 1 N–H and O–H groups in total. The van der Waals surface area contributed by atoms with Gasteiger partial charge in [0, 0.05) is 29.8 Å². The first kappa shape index (κ1) is 10.7. The smallest absolute Gasteiger partial charge is 0.152 e. The molecule has 2 rings (SSSR count). The average molecular weight is 270 g/mol. The predicted octanol–water partition coefficient (Wildman–Crippen LogP) is 2.87. The molecule has 82 valence electrons. The Kier molecular flexibility index (Phi) is 3.14. The Labute approximate surface area is 99.0 Å². The molecule has 1 aromatic rings. The first-order valence-electron chi connectivity index (χ1n) is 5.34. The van der Waals surface area contributed by atoms with Crippen molar-refractivity contribution < 1.29 is 0 Å². The van der Waals surface area contributed by atoms with Crippen molar-refractivity contribution in [3.8, 4) is 0 Å². The maximum Gasteiger partial charge on any atom is 0.152 e. The van der Waals surface area contributed by atoms with E-state index in [1.54, 1.807) is 0 Å². The number of halogens is 1. The van der Waals surface area contributed by atoms with Crippen molar-refractivity contribution in [3.05, 3.63) is 16.7 Å². The quantitative estimate of drug-likeness (QED) is 0.850. The van der Waals surface area contributed by atoms with Crippen LogP contribution in [0.5, 0.6) is 0 Å². The van der Waals surface area contributed by atoms with Crippen molar-refractivity contribution in [3.63, 3.8) is 0 Å². The standard InChI is InChI=1S/C11H16BrN3/c1-8(2)15-5-3-4-13-10-6-9(12)7-14-11(10)15/h6-8,13H,3-5H2,1-2H3. The predicted molar refractivity (Wildman–Crippen MR) is 67.5 cm³/mol. The largest absolute Gasteiger partial charge is 0.382 e. The van der Waals surface area contributed by atoms with Crippen molar-refractivity contribution in [2.24, 2.45) is 0 Å². The third-order valence-corrected chi connectivity index (χ3v) is 3.05. The van der Waals surface area contributed by atoms with Gasteiger partial charge in [0.25, 0.3) is 0 Å². The summed E-state index contributed by atoms with van der Waals surface area (Å²) in [6.45, 7) is 6.51. The lowest BCUT2D eigenvalue weighted by Crippen LogP contribution is -2.31. The van der Waals surface area contributed by atoms with Crippen LogP contribution in [0, 0.1) is 0 Å². The van der Waals surface area contributed by atoms with Crippen LogP contribution >= 0.6 is 15.9 Å². The normalized spacial score (nSPS) is 15.9. The highest BCUT2D eigenvalue weighted by Crippen LogP contribution is 2.29. The molecule has 0 saturated carbocycles. The highest BCUT2D eigenvalue weighted by molar-refractivity contribution is 9.10. The Bertz CT molecular complexity index is 352. The third-order valence-electron chi connectivity index (χ3n) is 2.62. The maximum atomic E-state index is 4.50. The Morgan fingerprint density at radius 3 is 3.07 bits per heavy atom. The second kappa shape index (κ2) is 4.39. The van der Waals surface area contributed by atoms with Crippen LogP contribution in [-0.4, -0.2) is 24.1 Å². The first-order valence-corrected chi connectivity index (χ1v) is 6.14. The maximum absolute atomic E-state index is 4.50. The van der Waals surface area contributed by atoms with Crippen molar-refractivity contribution in [2.75, 3.05) is 23.3 Å². The van der Waals surface area contributed by atoms with Gasteiger partial charge in [-0.15, -0.1) is 0 Å². The van der Waals surface area contributed by atoms with Crippen LogP contribution in [0.2, 0.25) is 0 Å². The number of aromatic nitrogens is 1. The van der Waals surface area contributed by atoms with Gasteiger partial charge in [-0.3, -0.25) is 0 Å². The molecule has 0 fully saturated rings. The molecule has 15 heavy (non-hydrogen) atoms. The van der Waals surface area contributed by atoms with Crippen LogP contribution in [0.15, 0.2) is 16.7 Å². The number of pyridine rings is 1. The summed E-state index contributed by atoms with van der Waals surface area (Å²) in [5.74, 6) is 1.07. The van der Waals surface area contributed by atoms with Crippen LogP contribution in [0.1, 0.15) is 20.3 Å². The fourth-order valence-electron chi connectivity index (χ4n) is 1.87. The molecule has 4 heteroatoms. The van der Waals surface area contributed by atoms with Gasteiger partial charge in [0.15, 0.2) is 5.82 Å². The molecular weight excluding hydrogens is 254 g/mol. The van der Waals surface area contributed by atoms with Crippen LogP contribution < -0.4 is 10.2 Å². The van der Waals surface area contributed by atoms with Crippen LogP contribution in [0.4, 0.5) is 11.5 Å². The van der Waals surface area contributed by atoms with Crippen LogP contribution in [0.3, 0.4) is 0 Å².